The second-order valence-electron chi connectivity index (χ2n) is 5.95. The van der Waals surface area contributed by atoms with Crippen LogP contribution in [0.5, 0.6) is 5.75 Å². The van der Waals surface area contributed by atoms with E-state index in [2.05, 4.69) is 10.6 Å². The SMILES string of the molecule is NCCCC[C@H](N)C(=O)Nc1cc(NC(=O)/C=C/c2ccco2)ccc1O. The molecule has 8 nitrogen and oxygen atoms in total. The van der Waals surface area contributed by atoms with E-state index >= 15 is 0 Å². The number of furan rings is 1. The maximum absolute atomic E-state index is 12.1. The van der Waals surface area contributed by atoms with Crippen LogP contribution in [0.1, 0.15) is 25.0 Å². The van der Waals surface area contributed by atoms with Crippen molar-refractivity contribution in [2.24, 2.45) is 11.5 Å². The third-order valence-corrected chi connectivity index (χ3v) is 3.77. The highest BCUT2D eigenvalue weighted by atomic mass is 16.3. The zero-order valence-electron chi connectivity index (χ0n) is 14.9. The van der Waals surface area contributed by atoms with E-state index < -0.39 is 11.9 Å². The average Bonchev–Trinajstić information content (AvgIpc) is 3.16. The highest BCUT2D eigenvalue weighted by Gasteiger charge is 2.15. The van der Waals surface area contributed by atoms with Crippen molar-refractivity contribution in [3.8, 4) is 5.75 Å². The first-order valence-electron chi connectivity index (χ1n) is 8.61. The first-order chi connectivity index (χ1) is 13.0. The number of carbonyl (C=O) groups excluding carboxylic acids is 2. The minimum absolute atomic E-state index is 0.123. The molecule has 0 fully saturated rings. The third-order valence-electron chi connectivity index (χ3n) is 3.77. The van der Waals surface area contributed by atoms with Crippen molar-refractivity contribution in [2.75, 3.05) is 17.2 Å². The van der Waals surface area contributed by atoms with Crippen LogP contribution in [0.3, 0.4) is 0 Å². The van der Waals surface area contributed by atoms with Gasteiger partial charge in [-0.25, -0.2) is 0 Å². The summed E-state index contributed by atoms with van der Waals surface area (Å²) in [6.07, 6.45) is 6.38. The van der Waals surface area contributed by atoms with Crippen molar-refractivity contribution < 1.29 is 19.1 Å². The molecule has 2 aromatic rings. The van der Waals surface area contributed by atoms with Crippen LogP contribution < -0.4 is 22.1 Å². The molecule has 1 aromatic heterocycles. The lowest BCUT2D eigenvalue weighted by Crippen LogP contribution is -2.35. The summed E-state index contributed by atoms with van der Waals surface area (Å²) in [6, 6.07) is 7.08. The van der Waals surface area contributed by atoms with Gasteiger partial charge in [0.05, 0.1) is 18.0 Å². The molecule has 0 saturated carbocycles. The second-order valence-corrected chi connectivity index (χ2v) is 5.95. The molecule has 0 aliphatic rings. The van der Waals surface area contributed by atoms with Crippen LogP contribution in [0.25, 0.3) is 6.08 Å². The molecule has 0 aliphatic carbocycles. The van der Waals surface area contributed by atoms with Gasteiger partial charge in [-0.2, -0.15) is 0 Å². The van der Waals surface area contributed by atoms with Crippen LogP contribution in [0, 0.1) is 0 Å². The topological polar surface area (TPSA) is 144 Å². The number of aromatic hydroxyl groups is 1. The first kappa shape index (κ1) is 20.2. The number of hydrogen-bond acceptors (Lipinski definition) is 6. The van der Waals surface area contributed by atoms with E-state index in [1.54, 1.807) is 12.1 Å². The lowest BCUT2D eigenvalue weighted by atomic mass is 10.1. The fourth-order valence-electron chi connectivity index (χ4n) is 2.31. The van der Waals surface area contributed by atoms with Gasteiger partial charge in [0.15, 0.2) is 0 Å². The largest absolute Gasteiger partial charge is 0.506 e. The molecule has 7 N–H and O–H groups in total. The molecule has 0 aliphatic heterocycles. The molecule has 8 heteroatoms. The molecule has 2 amide bonds. The summed E-state index contributed by atoms with van der Waals surface area (Å²) in [5, 5.41) is 15.1. The van der Waals surface area contributed by atoms with E-state index in [1.165, 1.54) is 36.6 Å². The number of anilines is 2. The molecule has 2 rings (SSSR count). The van der Waals surface area contributed by atoms with Gasteiger partial charge in [-0.15, -0.1) is 0 Å². The van der Waals surface area contributed by atoms with Gasteiger partial charge in [-0.1, -0.05) is 6.42 Å². The predicted octanol–water partition coefficient (Wildman–Crippen LogP) is 2.03. The monoisotopic (exact) mass is 372 g/mol. The Morgan fingerprint density at radius 1 is 1.22 bits per heavy atom. The number of hydrogen-bond donors (Lipinski definition) is 5. The van der Waals surface area contributed by atoms with E-state index in [1.807, 2.05) is 0 Å². The van der Waals surface area contributed by atoms with Crippen LogP contribution in [-0.2, 0) is 9.59 Å². The summed E-state index contributed by atoms with van der Waals surface area (Å²) in [5.41, 5.74) is 11.8. The van der Waals surface area contributed by atoms with E-state index in [0.717, 1.165) is 12.8 Å². The molecule has 1 aromatic carbocycles. The maximum atomic E-state index is 12.1. The first-order valence-corrected chi connectivity index (χ1v) is 8.61. The number of benzene rings is 1. The Labute approximate surface area is 157 Å². The fourth-order valence-corrected chi connectivity index (χ4v) is 2.31. The Balaban J connectivity index is 1.96. The van der Waals surface area contributed by atoms with Crippen molar-refractivity contribution in [3.05, 3.63) is 48.4 Å². The summed E-state index contributed by atoms with van der Waals surface area (Å²) < 4.78 is 5.10. The van der Waals surface area contributed by atoms with Crippen LogP contribution in [0.4, 0.5) is 11.4 Å². The van der Waals surface area contributed by atoms with Gasteiger partial charge in [0.25, 0.3) is 0 Å². The Kier molecular flexibility index (Phi) is 7.60. The van der Waals surface area contributed by atoms with Gasteiger partial charge >= 0.3 is 0 Å². The average molecular weight is 372 g/mol. The smallest absolute Gasteiger partial charge is 0.248 e. The molecule has 0 unspecified atom stereocenters. The highest BCUT2D eigenvalue weighted by molar-refractivity contribution is 6.03. The number of rotatable bonds is 9. The molecule has 0 saturated heterocycles. The summed E-state index contributed by atoms with van der Waals surface area (Å²) in [6.45, 7) is 0.547. The Morgan fingerprint density at radius 2 is 2.04 bits per heavy atom. The lowest BCUT2D eigenvalue weighted by molar-refractivity contribution is -0.117. The maximum Gasteiger partial charge on any atom is 0.248 e. The van der Waals surface area contributed by atoms with Crippen molar-refractivity contribution in [1.82, 2.24) is 0 Å². The Bertz CT molecular complexity index is 787. The number of nitrogens with two attached hydrogens (primary N) is 2. The van der Waals surface area contributed by atoms with E-state index in [9.17, 15) is 14.7 Å². The number of phenolic OH excluding ortho intramolecular Hbond substituents is 1. The number of nitrogens with one attached hydrogen (secondary N) is 2. The Morgan fingerprint density at radius 3 is 2.74 bits per heavy atom. The third kappa shape index (κ3) is 6.61. The minimum Gasteiger partial charge on any atom is -0.506 e. The van der Waals surface area contributed by atoms with E-state index in [-0.39, 0.29) is 17.3 Å². The molecule has 1 atom stereocenters. The number of carbonyl (C=O) groups is 2. The number of unbranched alkanes of at least 4 members (excludes halogenated alkanes) is 1. The Hall–Kier alpha value is -3.10. The lowest BCUT2D eigenvalue weighted by Gasteiger charge is -2.14. The van der Waals surface area contributed by atoms with E-state index in [0.29, 0.717) is 24.4 Å². The van der Waals surface area contributed by atoms with E-state index in [4.69, 9.17) is 15.9 Å². The summed E-state index contributed by atoms with van der Waals surface area (Å²) in [4.78, 5) is 24.1. The standard InChI is InChI=1S/C19H24N4O4/c20-10-2-1-5-15(21)19(26)23-16-12-13(6-8-17(16)24)22-18(25)9-7-14-4-3-11-27-14/h3-4,6-9,11-12,15,24H,1-2,5,10,20-21H2,(H,22,25)(H,23,26)/b9-7+/t15-/m0/s1. The number of phenols is 1. The molecule has 27 heavy (non-hydrogen) atoms. The van der Waals surface area contributed by atoms with Gasteiger partial charge in [0.2, 0.25) is 11.8 Å². The predicted molar refractivity (Wildman–Crippen MR) is 104 cm³/mol. The van der Waals surface area contributed by atoms with Crippen molar-refractivity contribution >= 4 is 29.3 Å². The van der Waals surface area contributed by atoms with Crippen LogP contribution in [0.2, 0.25) is 0 Å². The molecule has 0 spiro atoms. The molecule has 144 valence electrons. The van der Waals surface area contributed by atoms with Crippen LogP contribution >= 0.6 is 0 Å². The highest BCUT2D eigenvalue weighted by Crippen LogP contribution is 2.27. The summed E-state index contributed by atoms with van der Waals surface area (Å²) in [7, 11) is 0. The van der Waals surface area contributed by atoms with Crippen LogP contribution in [-0.4, -0.2) is 29.5 Å². The fraction of sp³-hybridized carbons (Fsp3) is 0.263. The molecule has 0 bridgehead atoms. The van der Waals surface area contributed by atoms with Crippen molar-refractivity contribution in [2.45, 2.75) is 25.3 Å². The summed E-state index contributed by atoms with van der Waals surface area (Å²) >= 11 is 0. The molecule has 1 heterocycles. The van der Waals surface area contributed by atoms with Gasteiger partial charge in [-0.3, -0.25) is 9.59 Å². The van der Waals surface area contributed by atoms with Crippen LogP contribution in [0.15, 0.2) is 47.1 Å². The molecule has 0 radical (unpaired) electrons. The molecular weight excluding hydrogens is 348 g/mol. The normalized spacial score (nSPS) is 12.1. The van der Waals surface area contributed by atoms with Gasteiger partial charge in [0.1, 0.15) is 11.5 Å². The zero-order valence-corrected chi connectivity index (χ0v) is 14.9. The van der Waals surface area contributed by atoms with Crippen molar-refractivity contribution in [1.29, 1.82) is 0 Å². The summed E-state index contributed by atoms with van der Waals surface area (Å²) in [5.74, 6) is -0.370. The second kappa shape index (κ2) is 10.1. The molecular formula is C19H24N4O4. The van der Waals surface area contributed by atoms with Gasteiger partial charge in [0, 0.05) is 11.8 Å². The van der Waals surface area contributed by atoms with Gasteiger partial charge in [-0.05, 0) is 55.8 Å². The van der Waals surface area contributed by atoms with Crippen molar-refractivity contribution in [3.63, 3.8) is 0 Å². The zero-order chi connectivity index (χ0) is 19.6. The van der Waals surface area contributed by atoms with Gasteiger partial charge < -0.3 is 31.6 Å². The number of amides is 2. The minimum atomic E-state index is -0.703. The quantitative estimate of drug-likeness (QED) is 0.197.